The molecule has 0 radical (unpaired) electrons. The Hall–Kier alpha value is -2.08. The zero-order valence-corrected chi connectivity index (χ0v) is 12.2. The normalized spacial score (nSPS) is 22.9. The Kier molecular flexibility index (Phi) is 4.02. The average molecular weight is 305 g/mol. The number of carboxylic acids is 1. The van der Waals surface area contributed by atoms with E-state index in [0.717, 1.165) is 24.8 Å². The Balaban J connectivity index is 1.66. The third-order valence-corrected chi connectivity index (χ3v) is 4.46. The van der Waals surface area contributed by atoms with Crippen LogP contribution in [0.4, 0.5) is 4.79 Å². The van der Waals surface area contributed by atoms with Crippen molar-refractivity contribution in [3.63, 3.8) is 0 Å². The van der Waals surface area contributed by atoms with Gasteiger partial charge < -0.3 is 14.6 Å². The zero-order valence-electron chi connectivity index (χ0n) is 12.2. The molecule has 1 unspecified atom stereocenters. The highest BCUT2D eigenvalue weighted by atomic mass is 16.6. The molecule has 1 aliphatic heterocycles. The zero-order chi connectivity index (χ0) is 15.6. The SMILES string of the molecule is O=C(O)C1CN(C(=O)OCc2ccccc2)C2(CCC2)CO1. The van der Waals surface area contributed by atoms with Crippen LogP contribution in [0.15, 0.2) is 30.3 Å². The summed E-state index contributed by atoms with van der Waals surface area (Å²) in [7, 11) is 0. The quantitative estimate of drug-likeness (QED) is 0.924. The van der Waals surface area contributed by atoms with Crippen molar-refractivity contribution < 1.29 is 24.2 Å². The number of amides is 1. The second kappa shape index (κ2) is 5.96. The lowest BCUT2D eigenvalue weighted by molar-refractivity contribution is -0.172. The largest absolute Gasteiger partial charge is 0.479 e. The molecular weight excluding hydrogens is 286 g/mol. The van der Waals surface area contributed by atoms with Gasteiger partial charge in [-0.15, -0.1) is 0 Å². The summed E-state index contributed by atoms with van der Waals surface area (Å²) in [4.78, 5) is 25.1. The number of benzene rings is 1. The Morgan fingerprint density at radius 1 is 1.32 bits per heavy atom. The highest BCUT2D eigenvalue weighted by molar-refractivity contribution is 5.75. The number of carboxylic acid groups (broad SMARTS) is 1. The van der Waals surface area contributed by atoms with Gasteiger partial charge in [-0.3, -0.25) is 4.90 Å². The number of nitrogens with zero attached hydrogens (tertiary/aromatic N) is 1. The van der Waals surface area contributed by atoms with E-state index in [2.05, 4.69) is 0 Å². The lowest BCUT2D eigenvalue weighted by Crippen LogP contribution is -2.65. The van der Waals surface area contributed by atoms with Gasteiger partial charge in [0.25, 0.3) is 0 Å². The van der Waals surface area contributed by atoms with Crippen LogP contribution in [0, 0.1) is 0 Å². The van der Waals surface area contributed by atoms with Crippen molar-refractivity contribution in [1.29, 1.82) is 0 Å². The minimum atomic E-state index is -1.05. The molecule has 6 heteroatoms. The first-order valence-electron chi connectivity index (χ1n) is 7.43. The van der Waals surface area contributed by atoms with E-state index in [9.17, 15) is 9.59 Å². The fourth-order valence-corrected chi connectivity index (χ4v) is 2.96. The molecule has 1 aromatic carbocycles. The predicted octanol–water partition coefficient (Wildman–Crippen LogP) is 2.03. The molecule has 1 aliphatic carbocycles. The van der Waals surface area contributed by atoms with E-state index in [1.165, 1.54) is 0 Å². The van der Waals surface area contributed by atoms with Gasteiger partial charge in [0.15, 0.2) is 6.10 Å². The molecule has 118 valence electrons. The number of hydrogen-bond acceptors (Lipinski definition) is 4. The third kappa shape index (κ3) is 2.78. The Morgan fingerprint density at radius 3 is 2.64 bits per heavy atom. The number of rotatable bonds is 3. The minimum absolute atomic E-state index is 0.0446. The summed E-state index contributed by atoms with van der Waals surface area (Å²) in [5.41, 5.74) is 0.529. The second-order valence-corrected chi connectivity index (χ2v) is 5.87. The van der Waals surface area contributed by atoms with Crippen LogP contribution in [0.2, 0.25) is 0 Å². The fourth-order valence-electron chi connectivity index (χ4n) is 2.96. The molecule has 1 aromatic rings. The molecule has 1 amide bonds. The van der Waals surface area contributed by atoms with E-state index < -0.39 is 18.2 Å². The van der Waals surface area contributed by atoms with Crippen molar-refractivity contribution in [3.05, 3.63) is 35.9 Å². The van der Waals surface area contributed by atoms with Crippen LogP contribution < -0.4 is 0 Å². The van der Waals surface area contributed by atoms with E-state index in [1.54, 1.807) is 4.90 Å². The highest BCUT2D eigenvalue weighted by Crippen LogP contribution is 2.41. The Bertz CT molecular complexity index is 555. The summed E-state index contributed by atoms with van der Waals surface area (Å²) in [6.07, 6.45) is 1.25. The summed E-state index contributed by atoms with van der Waals surface area (Å²) in [6, 6.07) is 9.42. The summed E-state index contributed by atoms with van der Waals surface area (Å²) in [5.74, 6) is -1.05. The molecule has 1 heterocycles. The lowest BCUT2D eigenvalue weighted by atomic mass is 9.75. The maximum Gasteiger partial charge on any atom is 0.410 e. The smallest absolute Gasteiger partial charge is 0.410 e. The molecule has 1 N–H and O–H groups in total. The number of carbonyl (C=O) groups excluding carboxylic acids is 1. The van der Waals surface area contributed by atoms with Crippen LogP contribution in [0.1, 0.15) is 24.8 Å². The van der Waals surface area contributed by atoms with Gasteiger partial charge in [0.1, 0.15) is 6.61 Å². The van der Waals surface area contributed by atoms with Crippen LogP contribution >= 0.6 is 0 Å². The number of ether oxygens (including phenoxy) is 2. The number of hydrogen-bond donors (Lipinski definition) is 1. The summed E-state index contributed by atoms with van der Waals surface area (Å²) in [6.45, 7) is 0.498. The monoisotopic (exact) mass is 305 g/mol. The van der Waals surface area contributed by atoms with Crippen LogP contribution in [-0.4, -0.2) is 46.9 Å². The number of aliphatic carboxylic acids is 1. The van der Waals surface area contributed by atoms with Crippen molar-refractivity contribution in [2.75, 3.05) is 13.2 Å². The molecule has 2 fully saturated rings. The molecule has 0 aromatic heterocycles. The first-order chi connectivity index (χ1) is 10.6. The molecule has 1 saturated carbocycles. The molecule has 1 spiro atoms. The first kappa shape index (κ1) is 14.8. The van der Waals surface area contributed by atoms with E-state index >= 15 is 0 Å². The fraction of sp³-hybridized carbons (Fsp3) is 0.500. The Labute approximate surface area is 128 Å². The molecule has 6 nitrogen and oxygen atoms in total. The molecule has 22 heavy (non-hydrogen) atoms. The van der Waals surface area contributed by atoms with Crippen molar-refractivity contribution >= 4 is 12.1 Å². The van der Waals surface area contributed by atoms with E-state index in [1.807, 2.05) is 30.3 Å². The van der Waals surface area contributed by atoms with Crippen molar-refractivity contribution in [2.24, 2.45) is 0 Å². The Morgan fingerprint density at radius 2 is 2.05 bits per heavy atom. The van der Waals surface area contributed by atoms with E-state index in [-0.39, 0.29) is 25.3 Å². The number of carbonyl (C=O) groups is 2. The van der Waals surface area contributed by atoms with Gasteiger partial charge in [0.05, 0.1) is 18.7 Å². The second-order valence-electron chi connectivity index (χ2n) is 5.87. The van der Waals surface area contributed by atoms with E-state index in [0.29, 0.717) is 0 Å². The van der Waals surface area contributed by atoms with Crippen molar-refractivity contribution in [2.45, 2.75) is 37.5 Å². The maximum absolute atomic E-state index is 12.4. The molecular formula is C16H19NO5. The van der Waals surface area contributed by atoms with E-state index in [4.69, 9.17) is 14.6 Å². The predicted molar refractivity (Wildman–Crippen MR) is 77.3 cm³/mol. The van der Waals surface area contributed by atoms with Crippen molar-refractivity contribution in [3.8, 4) is 0 Å². The standard InChI is InChI=1S/C16H19NO5/c18-14(19)13-9-17(16(11-22-13)7-4-8-16)15(20)21-10-12-5-2-1-3-6-12/h1-3,5-6,13H,4,7-11H2,(H,18,19). The molecule has 1 atom stereocenters. The van der Waals surface area contributed by atoms with Gasteiger partial charge >= 0.3 is 12.1 Å². The van der Waals surface area contributed by atoms with Crippen LogP contribution in [0.25, 0.3) is 0 Å². The summed E-state index contributed by atoms with van der Waals surface area (Å²) < 4.78 is 10.8. The molecule has 3 rings (SSSR count). The van der Waals surface area contributed by atoms with Gasteiger partial charge in [-0.05, 0) is 24.8 Å². The molecule has 0 bridgehead atoms. The van der Waals surface area contributed by atoms with Gasteiger partial charge in [-0.1, -0.05) is 30.3 Å². The van der Waals surface area contributed by atoms with Gasteiger partial charge in [-0.2, -0.15) is 0 Å². The van der Waals surface area contributed by atoms with Crippen LogP contribution in [-0.2, 0) is 20.9 Å². The van der Waals surface area contributed by atoms with Crippen LogP contribution in [0.5, 0.6) is 0 Å². The summed E-state index contributed by atoms with van der Waals surface area (Å²) in [5, 5.41) is 9.10. The third-order valence-electron chi connectivity index (χ3n) is 4.46. The van der Waals surface area contributed by atoms with Crippen molar-refractivity contribution in [1.82, 2.24) is 4.90 Å². The average Bonchev–Trinajstić information content (AvgIpc) is 2.51. The molecule has 2 aliphatic rings. The highest BCUT2D eigenvalue weighted by Gasteiger charge is 2.51. The number of morpholine rings is 1. The lowest BCUT2D eigenvalue weighted by Gasteiger charge is -2.52. The summed E-state index contributed by atoms with van der Waals surface area (Å²) >= 11 is 0. The van der Waals surface area contributed by atoms with Gasteiger partial charge in [0.2, 0.25) is 0 Å². The van der Waals surface area contributed by atoms with Gasteiger partial charge in [0, 0.05) is 0 Å². The van der Waals surface area contributed by atoms with Crippen LogP contribution in [0.3, 0.4) is 0 Å². The van der Waals surface area contributed by atoms with Gasteiger partial charge in [-0.25, -0.2) is 9.59 Å². The molecule has 1 saturated heterocycles. The minimum Gasteiger partial charge on any atom is -0.479 e. The topological polar surface area (TPSA) is 76.1 Å². The first-order valence-corrected chi connectivity index (χ1v) is 7.43. The maximum atomic E-state index is 12.4.